The van der Waals surface area contributed by atoms with E-state index in [4.69, 9.17) is 5.11 Å². The first-order chi connectivity index (χ1) is 8.16. The molecule has 0 aliphatic heterocycles. The Morgan fingerprint density at radius 2 is 2.12 bits per heavy atom. The fraction of sp³-hybridized carbons (Fsp3) is 0.462. The first-order valence-electron chi connectivity index (χ1n) is 5.80. The summed E-state index contributed by atoms with van der Waals surface area (Å²) in [6.45, 7) is 0. The van der Waals surface area contributed by atoms with Crippen molar-refractivity contribution in [2.24, 2.45) is 0 Å². The molecule has 0 radical (unpaired) electrons. The number of carbonyl (C=O) groups is 1. The quantitative estimate of drug-likeness (QED) is 0.890. The molecule has 1 fully saturated rings. The fourth-order valence-corrected chi connectivity index (χ4v) is 3.37. The first-order valence-corrected chi connectivity index (χ1v) is 6.85. The molecule has 1 aliphatic rings. The molecule has 0 bridgehead atoms. The monoisotopic (exact) mass is 254 g/mol. The maximum absolute atomic E-state index is 13.4. The summed E-state index contributed by atoms with van der Waals surface area (Å²) < 4.78 is 13.4. The largest absolute Gasteiger partial charge is 0.478 e. The highest BCUT2D eigenvalue weighted by molar-refractivity contribution is 7.99. The van der Waals surface area contributed by atoms with E-state index in [-0.39, 0.29) is 5.56 Å². The Morgan fingerprint density at radius 3 is 2.71 bits per heavy atom. The van der Waals surface area contributed by atoms with Gasteiger partial charge < -0.3 is 5.11 Å². The summed E-state index contributed by atoms with van der Waals surface area (Å²) in [7, 11) is 0. The Balaban J connectivity index is 1.97. The predicted octanol–water partition coefficient (Wildman–Crippen LogP) is 3.70. The average molecular weight is 254 g/mol. The van der Waals surface area contributed by atoms with Crippen LogP contribution in [-0.4, -0.2) is 16.3 Å². The molecule has 0 aromatic heterocycles. The molecular weight excluding hydrogens is 239 g/mol. The zero-order chi connectivity index (χ0) is 12.3. The minimum atomic E-state index is -1.21. The Labute approximate surface area is 104 Å². The van der Waals surface area contributed by atoms with Crippen molar-refractivity contribution in [1.29, 1.82) is 0 Å². The van der Waals surface area contributed by atoms with E-state index < -0.39 is 11.8 Å². The highest BCUT2D eigenvalue weighted by Crippen LogP contribution is 2.31. The highest BCUT2D eigenvalue weighted by Gasteiger charge is 2.16. The number of carboxylic acid groups (broad SMARTS) is 1. The van der Waals surface area contributed by atoms with E-state index in [0.29, 0.717) is 5.25 Å². The van der Waals surface area contributed by atoms with E-state index in [2.05, 4.69) is 0 Å². The molecule has 1 saturated carbocycles. The molecule has 0 amide bonds. The molecular formula is C13H15FO2S. The molecule has 2 rings (SSSR count). The van der Waals surface area contributed by atoms with Crippen molar-refractivity contribution in [1.82, 2.24) is 0 Å². The van der Waals surface area contributed by atoms with Crippen molar-refractivity contribution >= 4 is 17.7 Å². The molecule has 17 heavy (non-hydrogen) atoms. The summed E-state index contributed by atoms with van der Waals surface area (Å²) in [5.41, 5.74) is 0.615. The van der Waals surface area contributed by atoms with Gasteiger partial charge in [-0.2, -0.15) is 11.8 Å². The van der Waals surface area contributed by atoms with E-state index >= 15 is 0 Å². The number of benzene rings is 1. The summed E-state index contributed by atoms with van der Waals surface area (Å²) in [4.78, 5) is 10.7. The van der Waals surface area contributed by atoms with Crippen LogP contribution in [0.2, 0.25) is 0 Å². The van der Waals surface area contributed by atoms with Crippen molar-refractivity contribution in [3.63, 3.8) is 0 Å². The predicted molar refractivity (Wildman–Crippen MR) is 66.9 cm³/mol. The van der Waals surface area contributed by atoms with Crippen LogP contribution in [0.3, 0.4) is 0 Å². The van der Waals surface area contributed by atoms with Crippen LogP contribution in [0.1, 0.15) is 41.6 Å². The Morgan fingerprint density at radius 1 is 1.41 bits per heavy atom. The van der Waals surface area contributed by atoms with Crippen LogP contribution < -0.4 is 0 Å². The third-order valence-corrected chi connectivity index (χ3v) is 4.49. The van der Waals surface area contributed by atoms with Gasteiger partial charge in [-0.15, -0.1) is 0 Å². The van der Waals surface area contributed by atoms with Crippen molar-refractivity contribution in [3.05, 3.63) is 35.1 Å². The number of hydrogen-bond acceptors (Lipinski definition) is 2. The summed E-state index contributed by atoms with van der Waals surface area (Å²) in [5.74, 6) is -1.08. The lowest BCUT2D eigenvalue weighted by Gasteiger charge is -2.09. The van der Waals surface area contributed by atoms with Gasteiger partial charge in [0.25, 0.3) is 0 Å². The van der Waals surface area contributed by atoms with Crippen molar-refractivity contribution in [2.45, 2.75) is 36.7 Å². The van der Waals surface area contributed by atoms with E-state index in [1.54, 1.807) is 6.07 Å². The zero-order valence-electron chi connectivity index (χ0n) is 9.49. The third kappa shape index (κ3) is 3.22. The number of hydrogen-bond donors (Lipinski definition) is 1. The SMILES string of the molecule is O=C(O)c1ccc(CSC2CCCC2)cc1F. The van der Waals surface area contributed by atoms with Gasteiger partial charge in [0.15, 0.2) is 0 Å². The van der Waals surface area contributed by atoms with Crippen LogP contribution in [0.5, 0.6) is 0 Å². The Bertz CT molecular complexity index is 414. The van der Waals surface area contributed by atoms with Crippen LogP contribution in [0.15, 0.2) is 18.2 Å². The maximum atomic E-state index is 13.4. The maximum Gasteiger partial charge on any atom is 0.338 e. The summed E-state index contributed by atoms with van der Waals surface area (Å²) >= 11 is 1.85. The van der Waals surface area contributed by atoms with Crippen LogP contribution >= 0.6 is 11.8 Å². The lowest BCUT2D eigenvalue weighted by atomic mass is 10.1. The number of rotatable bonds is 4. The minimum absolute atomic E-state index is 0.250. The van der Waals surface area contributed by atoms with Gasteiger partial charge in [0, 0.05) is 11.0 Å². The molecule has 1 aromatic carbocycles. The van der Waals surface area contributed by atoms with Crippen LogP contribution in [0, 0.1) is 5.82 Å². The van der Waals surface area contributed by atoms with E-state index in [1.807, 2.05) is 11.8 Å². The molecule has 1 aromatic rings. The second kappa shape index (κ2) is 5.54. The smallest absolute Gasteiger partial charge is 0.338 e. The van der Waals surface area contributed by atoms with E-state index in [1.165, 1.54) is 37.8 Å². The lowest BCUT2D eigenvalue weighted by molar-refractivity contribution is 0.0692. The van der Waals surface area contributed by atoms with Crippen molar-refractivity contribution in [3.8, 4) is 0 Å². The van der Waals surface area contributed by atoms with Gasteiger partial charge in [-0.3, -0.25) is 0 Å². The average Bonchev–Trinajstić information content (AvgIpc) is 2.78. The van der Waals surface area contributed by atoms with Crippen LogP contribution in [0.4, 0.5) is 4.39 Å². The highest BCUT2D eigenvalue weighted by atomic mass is 32.2. The topological polar surface area (TPSA) is 37.3 Å². The van der Waals surface area contributed by atoms with Gasteiger partial charge >= 0.3 is 5.97 Å². The molecule has 92 valence electrons. The molecule has 0 saturated heterocycles. The second-order valence-corrected chi connectivity index (χ2v) is 5.63. The normalized spacial score (nSPS) is 16.3. The number of carboxylic acids is 1. The number of halogens is 1. The van der Waals surface area contributed by atoms with E-state index in [9.17, 15) is 9.18 Å². The molecule has 0 spiro atoms. The van der Waals surface area contributed by atoms with Crippen LogP contribution in [0.25, 0.3) is 0 Å². The van der Waals surface area contributed by atoms with Crippen LogP contribution in [-0.2, 0) is 5.75 Å². The van der Waals surface area contributed by atoms with Crippen molar-refractivity contribution < 1.29 is 14.3 Å². The summed E-state index contributed by atoms with van der Waals surface area (Å²) in [6.07, 6.45) is 5.09. The van der Waals surface area contributed by atoms with Gasteiger partial charge in [-0.1, -0.05) is 18.9 Å². The third-order valence-electron chi connectivity index (χ3n) is 3.05. The van der Waals surface area contributed by atoms with Crippen molar-refractivity contribution in [2.75, 3.05) is 0 Å². The molecule has 1 aliphatic carbocycles. The van der Waals surface area contributed by atoms with Gasteiger partial charge in [0.1, 0.15) is 5.82 Å². The fourth-order valence-electron chi connectivity index (χ4n) is 2.09. The Hall–Kier alpha value is -1.03. The first kappa shape index (κ1) is 12.4. The molecule has 1 N–H and O–H groups in total. The second-order valence-electron chi connectivity index (χ2n) is 4.34. The summed E-state index contributed by atoms with van der Waals surface area (Å²) in [5, 5.41) is 9.41. The zero-order valence-corrected chi connectivity index (χ0v) is 10.3. The Kier molecular flexibility index (Phi) is 4.05. The van der Waals surface area contributed by atoms with Gasteiger partial charge in [-0.25, -0.2) is 9.18 Å². The van der Waals surface area contributed by atoms with Gasteiger partial charge in [0.2, 0.25) is 0 Å². The molecule has 4 heteroatoms. The van der Waals surface area contributed by atoms with Gasteiger partial charge in [0.05, 0.1) is 5.56 Å². The molecule has 0 unspecified atom stereocenters. The van der Waals surface area contributed by atoms with Gasteiger partial charge in [-0.05, 0) is 30.5 Å². The minimum Gasteiger partial charge on any atom is -0.478 e. The molecule has 2 nitrogen and oxygen atoms in total. The molecule has 0 atom stereocenters. The number of aromatic carboxylic acids is 1. The molecule has 0 heterocycles. The summed E-state index contributed by atoms with van der Waals surface area (Å²) in [6, 6.07) is 4.39. The standard InChI is InChI=1S/C13H15FO2S/c14-12-7-9(5-6-11(12)13(15)16)8-17-10-3-1-2-4-10/h5-7,10H,1-4,8H2,(H,15,16). The number of thioether (sulfide) groups is 1. The van der Waals surface area contributed by atoms with E-state index in [0.717, 1.165) is 11.3 Å². The lowest BCUT2D eigenvalue weighted by Crippen LogP contribution is -2.01.